The van der Waals surface area contributed by atoms with E-state index in [2.05, 4.69) is 34.9 Å². The van der Waals surface area contributed by atoms with E-state index in [9.17, 15) is 14.4 Å². The lowest BCUT2D eigenvalue weighted by molar-refractivity contribution is -0.142. The van der Waals surface area contributed by atoms with Crippen molar-refractivity contribution in [1.29, 1.82) is 0 Å². The van der Waals surface area contributed by atoms with E-state index in [1.54, 1.807) is 12.2 Å². The van der Waals surface area contributed by atoms with Crippen LogP contribution in [0.5, 0.6) is 0 Å². The monoisotopic (exact) mass is 446 g/mol. The minimum atomic E-state index is -0.860. The molecule has 2 aromatic rings. The first kappa shape index (κ1) is 22.3. The summed E-state index contributed by atoms with van der Waals surface area (Å²) in [5.41, 5.74) is 4.62. The number of carbonyl (C=O) groups is 3. The van der Waals surface area contributed by atoms with Gasteiger partial charge in [0.05, 0.1) is 5.92 Å². The molecule has 2 atom stereocenters. The molecule has 0 radical (unpaired) electrons. The van der Waals surface area contributed by atoms with Crippen LogP contribution in [-0.4, -0.2) is 42.3 Å². The molecular formula is C26H26N2O5. The number of allylic oxidation sites excluding steroid dienone is 1. The molecule has 2 aliphatic rings. The van der Waals surface area contributed by atoms with Gasteiger partial charge in [0.2, 0.25) is 5.91 Å². The number of hydrogen-bond acceptors (Lipinski definition) is 4. The number of aliphatic carboxylic acids is 1. The zero-order valence-electron chi connectivity index (χ0n) is 18.1. The first-order chi connectivity index (χ1) is 16.0. The number of ether oxygens (including phenoxy) is 1. The summed E-state index contributed by atoms with van der Waals surface area (Å²) in [7, 11) is 0. The van der Waals surface area contributed by atoms with Crippen LogP contribution in [0.25, 0.3) is 11.1 Å². The maximum Gasteiger partial charge on any atom is 0.407 e. The molecule has 0 saturated heterocycles. The van der Waals surface area contributed by atoms with Crippen LogP contribution >= 0.6 is 0 Å². The summed E-state index contributed by atoms with van der Waals surface area (Å²) in [6.45, 7) is 0.366. The highest BCUT2D eigenvalue weighted by Gasteiger charge is 2.29. The highest BCUT2D eigenvalue weighted by molar-refractivity contribution is 5.88. The smallest absolute Gasteiger partial charge is 0.407 e. The molecule has 0 bridgehead atoms. The number of carboxylic acids is 1. The van der Waals surface area contributed by atoms with E-state index in [1.807, 2.05) is 24.3 Å². The molecule has 2 aromatic carbocycles. The maximum atomic E-state index is 12.2. The predicted molar refractivity (Wildman–Crippen MR) is 124 cm³/mol. The fourth-order valence-electron chi connectivity index (χ4n) is 4.39. The van der Waals surface area contributed by atoms with Crippen LogP contribution in [0.15, 0.2) is 72.8 Å². The van der Waals surface area contributed by atoms with Crippen molar-refractivity contribution in [2.75, 3.05) is 13.2 Å². The Morgan fingerprint density at radius 2 is 1.70 bits per heavy atom. The fourth-order valence-corrected chi connectivity index (χ4v) is 4.39. The van der Waals surface area contributed by atoms with E-state index in [0.717, 1.165) is 11.1 Å². The van der Waals surface area contributed by atoms with Crippen molar-refractivity contribution in [3.05, 3.63) is 84.0 Å². The van der Waals surface area contributed by atoms with Gasteiger partial charge in [-0.25, -0.2) is 4.79 Å². The zero-order chi connectivity index (χ0) is 23.2. The van der Waals surface area contributed by atoms with Crippen LogP contribution in [0, 0.1) is 5.92 Å². The van der Waals surface area contributed by atoms with E-state index in [0.29, 0.717) is 12.8 Å². The highest BCUT2D eigenvalue weighted by Crippen LogP contribution is 2.44. The molecule has 4 rings (SSSR count). The maximum absolute atomic E-state index is 12.2. The standard InChI is InChI=1S/C26H26N2O5/c29-24(28-18-8-5-7-17(15-18)25(30)31)13-6-14-27-26(32)33-16-23-21-11-3-1-9-19(21)20-10-2-4-12-22(20)23/h1-6,8-13,17-18,23H,7,14-16H2,(H,27,32)(H,28,29)(H,30,31)/b13-6+/t17-,18-/m1/s1. The van der Waals surface area contributed by atoms with Gasteiger partial charge >= 0.3 is 12.1 Å². The van der Waals surface area contributed by atoms with Gasteiger partial charge in [0.15, 0.2) is 0 Å². The first-order valence-corrected chi connectivity index (χ1v) is 11.0. The minimum absolute atomic E-state index is 0.0114. The minimum Gasteiger partial charge on any atom is -0.481 e. The van der Waals surface area contributed by atoms with Gasteiger partial charge in [0.1, 0.15) is 6.61 Å². The van der Waals surface area contributed by atoms with Crippen LogP contribution in [0.3, 0.4) is 0 Å². The third-order valence-electron chi connectivity index (χ3n) is 5.98. The number of hydrogen-bond donors (Lipinski definition) is 3. The van der Waals surface area contributed by atoms with Crippen LogP contribution in [0.2, 0.25) is 0 Å². The second kappa shape index (κ2) is 10.2. The molecule has 0 unspecified atom stereocenters. The Balaban J connectivity index is 1.22. The summed E-state index contributed by atoms with van der Waals surface area (Å²) in [5.74, 6) is -1.70. The van der Waals surface area contributed by atoms with Gasteiger partial charge < -0.3 is 20.5 Å². The van der Waals surface area contributed by atoms with Gasteiger partial charge in [0, 0.05) is 24.6 Å². The van der Waals surface area contributed by atoms with E-state index in [-0.39, 0.29) is 31.0 Å². The molecule has 0 fully saturated rings. The van der Waals surface area contributed by atoms with Crippen LogP contribution in [-0.2, 0) is 14.3 Å². The molecule has 7 nitrogen and oxygen atoms in total. The lowest BCUT2D eigenvalue weighted by atomic mass is 9.91. The summed E-state index contributed by atoms with van der Waals surface area (Å²) < 4.78 is 5.45. The Kier molecular flexibility index (Phi) is 6.88. The third-order valence-corrected chi connectivity index (χ3v) is 5.98. The van der Waals surface area contributed by atoms with Crippen molar-refractivity contribution in [2.24, 2.45) is 5.92 Å². The number of rotatable bonds is 7. The molecule has 3 N–H and O–H groups in total. The largest absolute Gasteiger partial charge is 0.481 e. The number of alkyl carbamates (subject to hydrolysis) is 1. The highest BCUT2D eigenvalue weighted by atomic mass is 16.5. The molecular weight excluding hydrogens is 420 g/mol. The van der Waals surface area contributed by atoms with E-state index >= 15 is 0 Å². The van der Waals surface area contributed by atoms with Crippen LogP contribution in [0.4, 0.5) is 4.79 Å². The molecule has 0 aromatic heterocycles. The Morgan fingerprint density at radius 1 is 1.03 bits per heavy atom. The molecule has 0 saturated carbocycles. The lowest BCUT2D eigenvalue weighted by Crippen LogP contribution is -2.37. The molecule has 33 heavy (non-hydrogen) atoms. The summed E-state index contributed by atoms with van der Waals surface area (Å²) in [6.07, 6.45) is 6.71. The lowest BCUT2D eigenvalue weighted by Gasteiger charge is -2.22. The topological polar surface area (TPSA) is 105 Å². The van der Waals surface area contributed by atoms with Gasteiger partial charge in [0.25, 0.3) is 0 Å². The van der Waals surface area contributed by atoms with Crippen LogP contribution in [0.1, 0.15) is 29.9 Å². The Labute approximate surface area is 192 Å². The van der Waals surface area contributed by atoms with Crippen molar-refractivity contribution in [3.8, 4) is 11.1 Å². The average molecular weight is 447 g/mol. The molecule has 0 spiro atoms. The molecule has 7 heteroatoms. The van der Waals surface area contributed by atoms with Crippen molar-refractivity contribution in [2.45, 2.75) is 24.8 Å². The van der Waals surface area contributed by atoms with Gasteiger partial charge in [-0.3, -0.25) is 9.59 Å². The number of benzene rings is 2. The number of fused-ring (bicyclic) bond motifs is 3. The number of carboxylic acid groups (broad SMARTS) is 1. The fraction of sp³-hybridized carbons (Fsp3) is 0.269. The van der Waals surface area contributed by atoms with E-state index in [1.165, 1.54) is 23.3 Å². The van der Waals surface area contributed by atoms with Gasteiger partial charge in [-0.05, 0) is 35.1 Å². The average Bonchev–Trinajstić information content (AvgIpc) is 3.14. The molecule has 170 valence electrons. The summed E-state index contributed by atoms with van der Waals surface area (Å²) in [4.78, 5) is 35.3. The van der Waals surface area contributed by atoms with Crippen molar-refractivity contribution < 1.29 is 24.2 Å². The Morgan fingerprint density at radius 3 is 2.36 bits per heavy atom. The molecule has 2 aliphatic carbocycles. The first-order valence-electron chi connectivity index (χ1n) is 11.0. The van der Waals surface area contributed by atoms with Crippen LogP contribution < -0.4 is 10.6 Å². The number of nitrogens with one attached hydrogen (secondary N) is 2. The second-order valence-corrected chi connectivity index (χ2v) is 8.16. The van der Waals surface area contributed by atoms with Crippen molar-refractivity contribution in [1.82, 2.24) is 10.6 Å². The zero-order valence-corrected chi connectivity index (χ0v) is 18.1. The molecule has 0 aliphatic heterocycles. The Bertz CT molecular complexity index is 1060. The third kappa shape index (κ3) is 5.31. The molecule has 0 heterocycles. The second-order valence-electron chi connectivity index (χ2n) is 8.16. The predicted octanol–water partition coefficient (Wildman–Crippen LogP) is 3.62. The summed E-state index contributed by atoms with van der Waals surface area (Å²) in [6, 6.07) is 15.9. The van der Waals surface area contributed by atoms with Gasteiger partial charge in [-0.1, -0.05) is 66.8 Å². The van der Waals surface area contributed by atoms with Gasteiger partial charge in [-0.15, -0.1) is 0 Å². The summed E-state index contributed by atoms with van der Waals surface area (Å²) in [5, 5.41) is 14.5. The van der Waals surface area contributed by atoms with Gasteiger partial charge in [-0.2, -0.15) is 0 Å². The SMILES string of the molecule is O=C(/C=C/CNC(=O)OCC1c2ccccc2-c2ccccc21)N[C@@H]1C=CC[C@@H](C(=O)O)C1. The van der Waals surface area contributed by atoms with Crippen molar-refractivity contribution in [3.63, 3.8) is 0 Å². The normalized spacial score (nSPS) is 19.0. The summed E-state index contributed by atoms with van der Waals surface area (Å²) >= 11 is 0. The van der Waals surface area contributed by atoms with E-state index in [4.69, 9.17) is 9.84 Å². The quantitative estimate of drug-likeness (QED) is 0.445. The van der Waals surface area contributed by atoms with Crippen molar-refractivity contribution >= 4 is 18.0 Å². The number of carbonyl (C=O) groups excluding carboxylic acids is 2. The number of amides is 2. The Hall–Kier alpha value is -3.87. The molecule has 2 amide bonds. The van der Waals surface area contributed by atoms with E-state index < -0.39 is 18.0 Å².